The first-order valence-corrected chi connectivity index (χ1v) is 8.26. The summed E-state index contributed by atoms with van der Waals surface area (Å²) in [4.78, 5) is 4.80. The number of piperazine rings is 1. The summed E-state index contributed by atoms with van der Waals surface area (Å²) in [6.45, 7) is 5.09. The van der Waals surface area contributed by atoms with Crippen LogP contribution >= 0.6 is 22.6 Å². The first-order chi connectivity index (χ1) is 10.2. The van der Waals surface area contributed by atoms with Crippen molar-refractivity contribution in [2.75, 3.05) is 31.1 Å². The third-order valence-electron chi connectivity index (χ3n) is 3.88. The summed E-state index contributed by atoms with van der Waals surface area (Å²) in [6.07, 6.45) is 0. The molecule has 1 heterocycles. The van der Waals surface area contributed by atoms with Crippen molar-refractivity contribution in [2.24, 2.45) is 0 Å². The van der Waals surface area contributed by atoms with Gasteiger partial charge >= 0.3 is 0 Å². The van der Waals surface area contributed by atoms with Crippen LogP contribution in [0.2, 0.25) is 0 Å². The second-order valence-electron chi connectivity index (χ2n) is 5.37. The van der Waals surface area contributed by atoms with Crippen LogP contribution in [0.15, 0.2) is 48.5 Å². The van der Waals surface area contributed by atoms with Gasteiger partial charge in [-0.1, -0.05) is 12.1 Å². The Morgan fingerprint density at radius 3 is 2.10 bits per heavy atom. The average Bonchev–Trinajstić information content (AvgIpc) is 2.51. The van der Waals surface area contributed by atoms with Crippen molar-refractivity contribution in [3.05, 3.63) is 63.5 Å². The summed E-state index contributed by atoms with van der Waals surface area (Å²) in [7, 11) is 0. The molecule has 21 heavy (non-hydrogen) atoms. The van der Waals surface area contributed by atoms with E-state index in [9.17, 15) is 4.39 Å². The molecule has 0 radical (unpaired) electrons. The zero-order valence-corrected chi connectivity index (χ0v) is 14.0. The normalized spacial score (nSPS) is 16.2. The maximum absolute atomic E-state index is 13.0. The van der Waals surface area contributed by atoms with E-state index < -0.39 is 0 Å². The van der Waals surface area contributed by atoms with Gasteiger partial charge in [0.2, 0.25) is 0 Å². The molecule has 0 saturated carbocycles. The van der Waals surface area contributed by atoms with E-state index in [-0.39, 0.29) is 5.82 Å². The SMILES string of the molecule is Fc1ccc(N2CCN(Cc3ccc(I)cc3)CC2)cc1. The van der Waals surface area contributed by atoms with Gasteiger partial charge in [-0.05, 0) is 64.6 Å². The van der Waals surface area contributed by atoms with Gasteiger partial charge in [0.05, 0.1) is 0 Å². The minimum absolute atomic E-state index is 0.170. The molecule has 1 fully saturated rings. The number of nitrogens with zero attached hydrogens (tertiary/aromatic N) is 2. The fourth-order valence-electron chi connectivity index (χ4n) is 2.66. The van der Waals surface area contributed by atoms with Crippen LogP contribution in [0, 0.1) is 9.39 Å². The highest BCUT2D eigenvalue weighted by atomic mass is 127. The molecule has 0 N–H and O–H groups in total. The van der Waals surface area contributed by atoms with E-state index in [0.717, 1.165) is 38.4 Å². The van der Waals surface area contributed by atoms with E-state index in [0.29, 0.717) is 0 Å². The number of hydrogen-bond acceptors (Lipinski definition) is 2. The van der Waals surface area contributed by atoms with Gasteiger partial charge in [-0.15, -0.1) is 0 Å². The van der Waals surface area contributed by atoms with Crippen molar-refractivity contribution < 1.29 is 4.39 Å². The maximum atomic E-state index is 13.0. The lowest BCUT2D eigenvalue weighted by atomic mass is 10.2. The van der Waals surface area contributed by atoms with Crippen LogP contribution in [-0.4, -0.2) is 31.1 Å². The Morgan fingerprint density at radius 1 is 0.857 bits per heavy atom. The predicted molar refractivity (Wildman–Crippen MR) is 93.0 cm³/mol. The van der Waals surface area contributed by atoms with Crippen molar-refractivity contribution in [1.82, 2.24) is 4.90 Å². The smallest absolute Gasteiger partial charge is 0.123 e. The molecule has 1 aliphatic heterocycles. The summed E-state index contributed by atoms with van der Waals surface area (Å²) in [6, 6.07) is 15.5. The van der Waals surface area contributed by atoms with Crippen molar-refractivity contribution >= 4 is 28.3 Å². The average molecular weight is 396 g/mol. The number of benzene rings is 2. The van der Waals surface area contributed by atoms with Crippen LogP contribution in [0.25, 0.3) is 0 Å². The molecule has 0 bridgehead atoms. The van der Waals surface area contributed by atoms with Gasteiger partial charge < -0.3 is 4.90 Å². The predicted octanol–water partition coefficient (Wildman–Crippen LogP) is 3.75. The summed E-state index contributed by atoms with van der Waals surface area (Å²) in [5.74, 6) is -0.170. The Morgan fingerprint density at radius 2 is 1.48 bits per heavy atom. The van der Waals surface area contributed by atoms with Gasteiger partial charge in [-0.2, -0.15) is 0 Å². The molecule has 0 amide bonds. The summed E-state index contributed by atoms with van der Waals surface area (Å²) in [5, 5.41) is 0. The molecular formula is C17H18FIN2. The zero-order valence-electron chi connectivity index (χ0n) is 11.8. The molecule has 3 rings (SSSR count). The molecule has 4 heteroatoms. The molecule has 0 aliphatic carbocycles. The van der Waals surface area contributed by atoms with Crippen LogP contribution in [0.1, 0.15) is 5.56 Å². The third-order valence-corrected chi connectivity index (χ3v) is 4.60. The van der Waals surface area contributed by atoms with Crippen molar-refractivity contribution in [1.29, 1.82) is 0 Å². The van der Waals surface area contributed by atoms with Crippen LogP contribution in [0.5, 0.6) is 0 Å². The number of hydrogen-bond donors (Lipinski definition) is 0. The first-order valence-electron chi connectivity index (χ1n) is 7.18. The molecule has 2 aromatic carbocycles. The summed E-state index contributed by atoms with van der Waals surface area (Å²) in [5.41, 5.74) is 2.48. The summed E-state index contributed by atoms with van der Waals surface area (Å²) < 4.78 is 14.2. The van der Waals surface area contributed by atoms with Crippen molar-refractivity contribution in [3.63, 3.8) is 0 Å². The van der Waals surface area contributed by atoms with Gasteiger partial charge in [0.25, 0.3) is 0 Å². The number of rotatable bonds is 3. The van der Waals surface area contributed by atoms with Crippen LogP contribution < -0.4 is 4.90 Å². The van der Waals surface area contributed by atoms with Gasteiger partial charge in [0.1, 0.15) is 5.82 Å². The molecule has 0 unspecified atom stereocenters. The highest BCUT2D eigenvalue weighted by molar-refractivity contribution is 14.1. The molecule has 0 spiro atoms. The molecule has 1 saturated heterocycles. The Balaban J connectivity index is 1.55. The lowest BCUT2D eigenvalue weighted by molar-refractivity contribution is 0.250. The molecule has 2 nitrogen and oxygen atoms in total. The number of anilines is 1. The lowest BCUT2D eigenvalue weighted by Gasteiger charge is -2.36. The molecule has 110 valence electrons. The maximum Gasteiger partial charge on any atom is 0.123 e. The Hall–Kier alpha value is -1.14. The van der Waals surface area contributed by atoms with E-state index in [1.807, 2.05) is 12.1 Å². The topological polar surface area (TPSA) is 6.48 Å². The zero-order chi connectivity index (χ0) is 14.7. The highest BCUT2D eigenvalue weighted by Gasteiger charge is 2.17. The lowest BCUT2D eigenvalue weighted by Crippen LogP contribution is -2.45. The first kappa shape index (κ1) is 14.8. The molecule has 0 aromatic heterocycles. The van der Waals surface area contributed by atoms with Gasteiger partial charge in [0, 0.05) is 42.0 Å². The van der Waals surface area contributed by atoms with E-state index in [4.69, 9.17) is 0 Å². The minimum atomic E-state index is -0.170. The highest BCUT2D eigenvalue weighted by Crippen LogP contribution is 2.18. The minimum Gasteiger partial charge on any atom is -0.369 e. The fraction of sp³-hybridized carbons (Fsp3) is 0.294. The second-order valence-corrected chi connectivity index (χ2v) is 6.61. The van der Waals surface area contributed by atoms with Crippen LogP contribution in [0.3, 0.4) is 0 Å². The van der Waals surface area contributed by atoms with E-state index in [1.54, 1.807) is 0 Å². The standard InChI is InChI=1S/C17H18FIN2/c18-15-3-7-17(8-4-15)21-11-9-20(10-12-21)13-14-1-5-16(19)6-2-14/h1-8H,9-13H2. The Kier molecular flexibility index (Phi) is 4.75. The molecular weight excluding hydrogens is 378 g/mol. The van der Waals surface area contributed by atoms with E-state index in [1.165, 1.54) is 21.3 Å². The van der Waals surface area contributed by atoms with Gasteiger partial charge in [-0.3, -0.25) is 4.90 Å². The molecule has 0 atom stereocenters. The molecule has 2 aromatic rings. The van der Waals surface area contributed by atoms with Gasteiger partial charge in [-0.25, -0.2) is 4.39 Å². The van der Waals surface area contributed by atoms with Crippen LogP contribution in [-0.2, 0) is 6.54 Å². The largest absolute Gasteiger partial charge is 0.369 e. The second kappa shape index (κ2) is 6.75. The monoisotopic (exact) mass is 396 g/mol. The molecule has 1 aliphatic rings. The fourth-order valence-corrected chi connectivity index (χ4v) is 3.02. The third kappa shape index (κ3) is 3.95. The van der Waals surface area contributed by atoms with Crippen LogP contribution in [0.4, 0.5) is 10.1 Å². The van der Waals surface area contributed by atoms with Crippen molar-refractivity contribution in [2.45, 2.75) is 6.54 Å². The van der Waals surface area contributed by atoms with E-state index >= 15 is 0 Å². The number of halogens is 2. The van der Waals surface area contributed by atoms with E-state index in [2.05, 4.69) is 56.7 Å². The van der Waals surface area contributed by atoms with Gasteiger partial charge in [0.15, 0.2) is 0 Å². The Labute approximate surface area is 138 Å². The quantitative estimate of drug-likeness (QED) is 0.730. The Bertz CT molecular complexity index is 575. The summed E-state index contributed by atoms with van der Waals surface area (Å²) >= 11 is 2.33. The van der Waals surface area contributed by atoms with Crippen molar-refractivity contribution in [3.8, 4) is 0 Å².